The van der Waals surface area contributed by atoms with Crippen molar-refractivity contribution in [3.63, 3.8) is 0 Å². The fourth-order valence-corrected chi connectivity index (χ4v) is 4.56. The molecule has 2 aromatic rings. The molecule has 1 aliphatic carbocycles. The van der Waals surface area contributed by atoms with Crippen LogP contribution in [0.4, 0.5) is 0 Å². The molecular weight excluding hydrogens is 476 g/mol. The second kappa shape index (κ2) is 10.6. The third kappa shape index (κ3) is 6.46. The van der Waals surface area contributed by atoms with E-state index in [0.717, 1.165) is 18.9 Å². The Morgan fingerprint density at radius 1 is 1.14 bits per heavy atom. The van der Waals surface area contributed by atoms with Gasteiger partial charge in [-0.2, -0.15) is 8.42 Å². The molecule has 9 nitrogen and oxygen atoms in total. The minimum absolute atomic E-state index is 0.0362. The maximum absolute atomic E-state index is 13.0. The van der Waals surface area contributed by atoms with Crippen LogP contribution in [0.1, 0.15) is 52.4 Å². The predicted octanol–water partition coefficient (Wildman–Crippen LogP) is 4.14. The summed E-state index contributed by atoms with van der Waals surface area (Å²) in [6, 6.07) is 8.74. The van der Waals surface area contributed by atoms with Crippen LogP contribution in [0, 0.1) is 0 Å². The first-order chi connectivity index (χ1) is 16.4. The highest BCUT2D eigenvalue weighted by molar-refractivity contribution is 7.85. The zero-order chi connectivity index (χ0) is 25.8. The number of carbonyl (C=O) groups excluding carboxylic acids is 3. The Balaban J connectivity index is 1.86. The van der Waals surface area contributed by atoms with Crippen LogP contribution in [-0.4, -0.2) is 42.6 Å². The van der Waals surface area contributed by atoms with Crippen LogP contribution >= 0.6 is 0 Å². The number of carbonyl (C=O) groups is 3. The summed E-state index contributed by atoms with van der Waals surface area (Å²) in [5.41, 5.74) is -0.636. The highest BCUT2D eigenvalue weighted by atomic mass is 32.2. The maximum Gasteiger partial charge on any atom is 0.348 e. The number of fused-ring (bicyclic) bond motifs is 1. The van der Waals surface area contributed by atoms with E-state index in [2.05, 4.69) is 6.58 Å². The summed E-state index contributed by atoms with van der Waals surface area (Å²) >= 11 is 0. The monoisotopic (exact) mass is 504 g/mol. The lowest BCUT2D eigenvalue weighted by molar-refractivity contribution is -0.179. The third-order valence-corrected chi connectivity index (χ3v) is 6.84. The van der Waals surface area contributed by atoms with Crippen LogP contribution in [0.5, 0.6) is 5.75 Å². The van der Waals surface area contributed by atoms with Gasteiger partial charge in [0.05, 0.1) is 11.3 Å². The molecule has 0 bridgehead atoms. The summed E-state index contributed by atoms with van der Waals surface area (Å²) in [6.45, 7) is 6.79. The zero-order valence-electron chi connectivity index (χ0n) is 19.6. The van der Waals surface area contributed by atoms with Crippen molar-refractivity contribution in [3.8, 4) is 5.75 Å². The third-order valence-electron chi connectivity index (χ3n) is 6.01. The fourth-order valence-electron chi connectivity index (χ4n) is 4.03. The van der Waals surface area contributed by atoms with E-state index in [9.17, 15) is 27.4 Å². The number of benzene rings is 2. The lowest BCUT2D eigenvalue weighted by Gasteiger charge is -2.29. The van der Waals surface area contributed by atoms with Gasteiger partial charge >= 0.3 is 17.9 Å². The van der Waals surface area contributed by atoms with Crippen LogP contribution in [0.25, 0.3) is 10.8 Å². The molecule has 1 N–H and O–H groups in total. The molecule has 0 aromatic heterocycles. The Morgan fingerprint density at radius 3 is 2.40 bits per heavy atom. The summed E-state index contributed by atoms with van der Waals surface area (Å²) in [7, 11) is -4.58. The highest BCUT2D eigenvalue weighted by Gasteiger charge is 2.39. The van der Waals surface area contributed by atoms with Gasteiger partial charge in [-0.25, -0.2) is 9.59 Å². The molecule has 1 aliphatic rings. The SMILES string of the molecule is C=C(C)C(=O)OC(CC(=O)Oc1cc(S(=O)(=O)O)cc2ccccc12)C(=O)OC1(CC)CCCC1. The van der Waals surface area contributed by atoms with Gasteiger partial charge in [-0.3, -0.25) is 9.35 Å². The molecule has 2 aromatic carbocycles. The van der Waals surface area contributed by atoms with Gasteiger partial charge < -0.3 is 14.2 Å². The van der Waals surface area contributed by atoms with E-state index in [-0.39, 0.29) is 11.3 Å². The molecule has 0 heterocycles. The average molecular weight is 505 g/mol. The first kappa shape index (κ1) is 26.4. The second-order valence-corrected chi connectivity index (χ2v) is 10.1. The van der Waals surface area contributed by atoms with Crippen molar-refractivity contribution in [2.45, 2.75) is 69.0 Å². The summed E-state index contributed by atoms with van der Waals surface area (Å²) in [5, 5.41) is 0.809. The van der Waals surface area contributed by atoms with Gasteiger partial charge in [0.15, 0.2) is 0 Å². The number of ether oxygens (including phenoxy) is 3. The van der Waals surface area contributed by atoms with Crippen molar-refractivity contribution in [1.29, 1.82) is 0 Å². The predicted molar refractivity (Wildman–Crippen MR) is 126 cm³/mol. The van der Waals surface area contributed by atoms with Crippen LogP contribution in [0.15, 0.2) is 53.4 Å². The molecule has 3 rings (SSSR count). The minimum Gasteiger partial charge on any atom is -0.456 e. The molecule has 1 fully saturated rings. The Hall–Kier alpha value is -3.24. The Morgan fingerprint density at radius 2 is 1.80 bits per heavy atom. The van der Waals surface area contributed by atoms with E-state index in [0.29, 0.717) is 30.0 Å². The van der Waals surface area contributed by atoms with Crippen molar-refractivity contribution in [1.82, 2.24) is 0 Å². The molecule has 1 unspecified atom stereocenters. The largest absolute Gasteiger partial charge is 0.456 e. The molecule has 35 heavy (non-hydrogen) atoms. The molecule has 188 valence electrons. The molecule has 0 spiro atoms. The van der Waals surface area contributed by atoms with E-state index in [1.54, 1.807) is 24.3 Å². The molecule has 0 amide bonds. The number of hydrogen-bond donors (Lipinski definition) is 1. The molecule has 1 atom stereocenters. The first-order valence-electron chi connectivity index (χ1n) is 11.2. The molecule has 0 radical (unpaired) electrons. The summed E-state index contributed by atoms with van der Waals surface area (Å²) in [4.78, 5) is 37.4. The van der Waals surface area contributed by atoms with Crippen molar-refractivity contribution in [3.05, 3.63) is 48.6 Å². The molecule has 0 saturated heterocycles. The van der Waals surface area contributed by atoms with Gasteiger partial charge in [-0.15, -0.1) is 0 Å². The number of hydrogen-bond acceptors (Lipinski definition) is 8. The average Bonchev–Trinajstić information content (AvgIpc) is 3.26. The Kier molecular flexibility index (Phi) is 7.97. The minimum atomic E-state index is -4.58. The van der Waals surface area contributed by atoms with Crippen LogP contribution < -0.4 is 4.74 Å². The summed E-state index contributed by atoms with van der Waals surface area (Å²) in [6.07, 6.45) is 1.49. The lowest BCUT2D eigenvalue weighted by atomic mass is 9.98. The van der Waals surface area contributed by atoms with Crippen molar-refractivity contribution in [2.24, 2.45) is 0 Å². The van der Waals surface area contributed by atoms with Gasteiger partial charge in [0.1, 0.15) is 11.4 Å². The smallest absolute Gasteiger partial charge is 0.348 e. The van der Waals surface area contributed by atoms with Crippen molar-refractivity contribution >= 4 is 38.8 Å². The number of rotatable bonds is 9. The fraction of sp³-hybridized carbons (Fsp3) is 0.400. The van der Waals surface area contributed by atoms with Crippen molar-refractivity contribution in [2.75, 3.05) is 0 Å². The Bertz CT molecular complexity index is 1260. The first-order valence-corrected chi connectivity index (χ1v) is 12.7. The highest BCUT2D eigenvalue weighted by Crippen LogP contribution is 2.36. The van der Waals surface area contributed by atoms with Gasteiger partial charge in [-0.05, 0) is 50.5 Å². The summed E-state index contributed by atoms with van der Waals surface area (Å²) < 4.78 is 49.1. The second-order valence-electron chi connectivity index (χ2n) is 8.63. The number of esters is 3. The maximum atomic E-state index is 13.0. The molecule has 10 heteroatoms. The van der Waals surface area contributed by atoms with E-state index in [1.165, 1.54) is 13.0 Å². The molecule has 0 aliphatic heterocycles. The summed E-state index contributed by atoms with van der Waals surface area (Å²) in [5.74, 6) is -2.83. The van der Waals surface area contributed by atoms with Crippen LogP contribution in [0.2, 0.25) is 0 Å². The van der Waals surface area contributed by atoms with E-state index < -0.39 is 51.0 Å². The van der Waals surface area contributed by atoms with E-state index in [1.807, 2.05) is 6.92 Å². The lowest BCUT2D eigenvalue weighted by Crippen LogP contribution is -2.39. The van der Waals surface area contributed by atoms with Gasteiger partial charge in [-0.1, -0.05) is 37.8 Å². The quantitative estimate of drug-likeness (QED) is 0.231. The van der Waals surface area contributed by atoms with Gasteiger partial charge in [0.25, 0.3) is 10.1 Å². The van der Waals surface area contributed by atoms with E-state index >= 15 is 0 Å². The van der Waals surface area contributed by atoms with Crippen LogP contribution in [0.3, 0.4) is 0 Å². The molecule has 1 saturated carbocycles. The van der Waals surface area contributed by atoms with Gasteiger partial charge in [0.2, 0.25) is 6.10 Å². The zero-order valence-corrected chi connectivity index (χ0v) is 20.4. The normalized spacial score (nSPS) is 15.9. The van der Waals surface area contributed by atoms with Gasteiger partial charge in [0, 0.05) is 17.0 Å². The van der Waals surface area contributed by atoms with Crippen LogP contribution in [-0.2, 0) is 34.0 Å². The van der Waals surface area contributed by atoms with E-state index in [4.69, 9.17) is 14.2 Å². The topological polar surface area (TPSA) is 133 Å². The Labute approximate surface area is 203 Å². The molecular formula is C25H28O9S. The van der Waals surface area contributed by atoms with Crippen molar-refractivity contribution < 1.29 is 41.6 Å². The standard InChI is InChI=1S/C25H28O9S/c1-4-25(11-7-8-12-25)34-24(28)21(33-23(27)16(2)3)15-22(26)32-20-14-18(35(29,30)31)13-17-9-5-6-10-19(17)20/h5-6,9-10,13-14,21H,2,4,7-8,11-12,15H2,1,3H3,(H,29,30,31).